The second kappa shape index (κ2) is 4.36. The van der Waals surface area contributed by atoms with Gasteiger partial charge >= 0.3 is 6.18 Å². The molecule has 0 aliphatic rings. The van der Waals surface area contributed by atoms with Crippen LogP contribution in [0.1, 0.15) is 17.9 Å². The molecule has 2 N–H and O–H groups in total. The van der Waals surface area contributed by atoms with Gasteiger partial charge in [0, 0.05) is 11.9 Å². The van der Waals surface area contributed by atoms with Crippen molar-refractivity contribution in [3.63, 3.8) is 0 Å². The highest BCUT2D eigenvalue weighted by Gasteiger charge is 2.34. The number of aryl methyl sites for hydroxylation is 1. The van der Waals surface area contributed by atoms with Crippen molar-refractivity contribution in [3.8, 4) is 0 Å². The average Bonchev–Trinajstić information content (AvgIpc) is 2.14. The second-order valence-corrected chi connectivity index (χ2v) is 2.76. The van der Waals surface area contributed by atoms with Gasteiger partial charge in [0.05, 0.1) is 0 Å². The Morgan fingerprint density at radius 1 is 1.36 bits per heavy atom. The van der Waals surface area contributed by atoms with E-state index >= 15 is 0 Å². The van der Waals surface area contributed by atoms with E-state index in [0.717, 1.165) is 6.20 Å². The summed E-state index contributed by atoms with van der Waals surface area (Å²) in [4.78, 5) is 6.54. The van der Waals surface area contributed by atoms with Crippen molar-refractivity contribution < 1.29 is 13.2 Å². The second-order valence-electron chi connectivity index (χ2n) is 2.76. The van der Waals surface area contributed by atoms with Gasteiger partial charge in [-0.05, 0) is 25.5 Å². The third-order valence-electron chi connectivity index (χ3n) is 1.60. The summed E-state index contributed by atoms with van der Waals surface area (Å²) in [5.41, 5.74) is 5.61. The fourth-order valence-electron chi connectivity index (χ4n) is 0.955. The van der Waals surface area contributed by atoms with Crippen molar-refractivity contribution in [2.75, 3.05) is 6.54 Å². The molecule has 1 aromatic heterocycles. The van der Waals surface area contributed by atoms with Crippen LogP contribution in [0.2, 0.25) is 0 Å². The third kappa shape index (κ3) is 2.95. The highest BCUT2D eigenvalue weighted by atomic mass is 19.4. The Bertz CT molecular complexity index is 298. The molecule has 78 valence electrons. The van der Waals surface area contributed by atoms with E-state index in [4.69, 9.17) is 5.73 Å². The van der Waals surface area contributed by atoms with Gasteiger partial charge in [-0.3, -0.25) is 0 Å². The predicted molar refractivity (Wildman–Crippen MR) is 44.4 cm³/mol. The largest absolute Gasteiger partial charge is 0.451 e. The molecule has 1 aromatic rings. The minimum Gasteiger partial charge on any atom is -0.330 e. The van der Waals surface area contributed by atoms with Crippen molar-refractivity contribution in [2.45, 2.75) is 19.0 Å². The average molecular weight is 205 g/mol. The molecule has 1 heterocycles. The SMILES string of the molecule is NCCCc1ccnc(C(F)(F)F)n1. The summed E-state index contributed by atoms with van der Waals surface area (Å²) in [6, 6.07) is 1.46. The van der Waals surface area contributed by atoms with Crippen LogP contribution in [0.25, 0.3) is 0 Å². The highest BCUT2D eigenvalue weighted by Crippen LogP contribution is 2.25. The first-order valence-electron chi connectivity index (χ1n) is 4.13. The maximum Gasteiger partial charge on any atom is 0.451 e. The standard InChI is InChI=1S/C8H10F3N3/c9-8(10,11)7-13-5-3-6(14-7)2-1-4-12/h3,5H,1-2,4,12H2. The molecule has 0 bridgehead atoms. The molecule has 0 amide bonds. The smallest absolute Gasteiger partial charge is 0.330 e. The summed E-state index contributed by atoms with van der Waals surface area (Å²) in [6.07, 6.45) is -2.29. The number of nitrogens with two attached hydrogens (primary N) is 1. The van der Waals surface area contributed by atoms with Gasteiger partial charge in [-0.1, -0.05) is 0 Å². The zero-order chi connectivity index (χ0) is 10.6. The Morgan fingerprint density at radius 3 is 2.64 bits per heavy atom. The summed E-state index contributed by atoms with van der Waals surface area (Å²) in [7, 11) is 0. The Morgan fingerprint density at radius 2 is 2.07 bits per heavy atom. The van der Waals surface area contributed by atoms with Crippen LogP contribution < -0.4 is 5.73 Å². The monoisotopic (exact) mass is 205 g/mol. The van der Waals surface area contributed by atoms with Crippen LogP contribution in [0.3, 0.4) is 0 Å². The third-order valence-corrected chi connectivity index (χ3v) is 1.60. The molecule has 6 heteroatoms. The Balaban J connectivity index is 2.79. The molecule has 0 aliphatic heterocycles. The van der Waals surface area contributed by atoms with Gasteiger partial charge in [0.1, 0.15) is 0 Å². The molecule has 14 heavy (non-hydrogen) atoms. The number of halogens is 3. The van der Waals surface area contributed by atoms with E-state index in [1.807, 2.05) is 0 Å². The van der Waals surface area contributed by atoms with Crippen molar-refractivity contribution in [3.05, 3.63) is 23.8 Å². The molecule has 0 aliphatic carbocycles. The summed E-state index contributed by atoms with van der Waals surface area (Å²) in [6.45, 7) is 0.436. The number of nitrogens with zero attached hydrogens (tertiary/aromatic N) is 2. The summed E-state index contributed by atoms with van der Waals surface area (Å²) in [5.74, 6) is -1.09. The molecule has 0 atom stereocenters. The first kappa shape index (κ1) is 10.9. The van der Waals surface area contributed by atoms with Crippen molar-refractivity contribution in [1.82, 2.24) is 9.97 Å². The number of hydrogen-bond donors (Lipinski definition) is 1. The van der Waals surface area contributed by atoms with E-state index in [1.165, 1.54) is 6.07 Å². The van der Waals surface area contributed by atoms with Crippen LogP contribution >= 0.6 is 0 Å². The number of rotatable bonds is 3. The van der Waals surface area contributed by atoms with Crippen LogP contribution in [0.15, 0.2) is 12.3 Å². The number of aromatic nitrogens is 2. The summed E-state index contributed by atoms with van der Waals surface area (Å²) in [5, 5.41) is 0. The molecule has 0 saturated heterocycles. The van der Waals surface area contributed by atoms with Crippen LogP contribution in [-0.2, 0) is 12.6 Å². The molecule has 0 saturated carbocycles. The first-order valence-corrected chi connectivity index (χ1v) is 4.13. The van der Waals surface area contributed by atoms with Crippen LogP contribution in [0.5, 0.6) is 0 Å². The van der Waals surface area contributed by atoms with E-state index in [9.17, 15) is 13.2 Å². The molecule has 0 aromatic carbocycles. The lowest BCUT2D eigenvalue weighted by Gasteiger charge is -2.05. The maximum atomic E-state index is 12.1. The number of hydrogen-bond acceptors (Lipinski definition) is 3. The van der Waals surface area contributed by atoms with Gasteiger partial charge in [-0.15, -0.1) is 0 Å². The molecular formula is C8H10F3N3. The quantitative estimate of drug-likeness (QED) is 0.811. The minimum atomic E-state index is -4.47. The zero-order valence-corrected chi connectivity index (χ0v) is 7.38. The van der Waals surface area contributed by atoms with E-state index in [-0.39, 0.29) is 0 Å². The summed E-state index contributed by atoms with van der Waals surface area (Å²) >= 11 is 0. The Labute approximate surface area is 79.2 Å². The Hall–Kier alpha value is -1.17. The predicted octanol–water partition coefficient (Wildman–Crippen LogP) is 1.39. The van der Waals surface area contributed by atoms with Gasteiger partial charge < -0.3 is 5.73 Å². The normalized spacial score (nSPS) is 11.7. The lowest BCUT2D eigenvalue weighted by atomic mass is 10.2. The van der Waals surface area contributed by atoms with Crippen LogP contribution in [-0.4, -0.2) is 16.5 Å². The minimum absolute atomic E-state index is 0.373. The lowest BCUT2D eigenvalue weighted by molar-refractivity contribution is -0.145. The van der Waals surface area contributed by atoms with Gasteiger partial charge in [0.25, 0.3) is 0 Å². The summed E-state index contributed by atoms with van der Waals surface area (Å²) < 4.78 is 36.4. The molecule has 0 unspecified atom stereocenters. The molecule has 3 nitrogen and oxygen atoms in total. The zero-order valence-electron chi connectivity index (χ0n) is 7.38. The van der Waals surface area contributed by atoms with Crippen LogP contribution in [0, 0.1) is 0 Å². The molecular weight excluding hydrogens is 195 g/mol. The molecule has 1 rings (SSSR count). The van der Waals surface area contributed by atoms with Crippen molar-refractivity contribution in [2.24, 2.45) is 5.73 Å². The van der Waals surface area contributed by atoms with E-state index < -0.39 is 12.0 Å². The lowest BCUT2D eigenvalue weighted by Crippen LogP contribution is -2.12. The topological polar surface area (TPSA) is 51.8 Å². The molecule has 0 fully saturated rings. The van der Waals surface area contributed by atoms with Crippen molar-refractivity contribution >= 4 is 0 Å². The van der Waals surface area contributed by atoms with Gasteiger partial charge in [0.2, 0.25) is 5.82 Å². The highest BCUT2D eigenvalue weighted by molar-refractivity contribution is 5.04. The fraction of sp³-hybridized carbons (Fsp3) is 0.500. The van der Waals surface area contributed by atoms with E-state index in [2.05, 4.69) is 9.97 Å². The Kier molecular flexibility index (Phi) is 3.40. The van der Waals surface area contributed by atoms with E-state index in [0.29, 0.717) is 25.1 Å². The molecule has 0 radical (unpaired) electrons. The van der Waals surface area contributed by atoms with Gasteiger partial charge in [0.15, 0.2) is 0 Å². The van der Waals surface area contributed by atoms with E-state index in [1.54, 1.807) is 0 Å². The van der Waals surface area contributed by atoms with Gasteiger partial charge in [-0.2, -0.15) is 13.2 Å². The first-order chi connectivity index (χ1) is 6.54. The number of alkyl halides is 3. The van der Waals surface area contributed by atoms with Crippen molar-refractivity contribution in [1.29, 1.82) is 0 Å². The molecule has 0 spiro atoms. The fourth-order valence-corrected chi connectivity index (χ4v) is 0.955. The van der Waals surface area contributed by atoms with Gasteiger partial charge in [-0.25, -0.2) is 9.97 Å². The van der Waals surface area contributed by atoms with Crippen LogP contribution in [0.4, 0.5) is 13.2 Å². The maximum absolute atomic E-state index is 12.1.